The van der Waals surface area contributed by atoms with E-state index in [-0.39, 0.29) is 5.60 Å². The van der Waals surface area contributed by atoms with E-state index in [2.05, 4.69) is 43.4 Å². The van der Waals surface area contributed by atoms with Crippen LogP contribution in [0.5, 0.6) is 5.75 Å². The van der Waals surface area contributed by atoms with Gasteiger partial charge in [-0.1, -0.05) is 18.2 Å². The predicted molar refractivity (Wildman–Crippen MR) is 84.7 cm³/mol. The molecule has 0 saturated heterocycles. The topological polar surface area (TPSA) is 30.5 Å². The Morgan fingerprint density at radius 2 is 2.05 bits per heavy atom. The highest BCUT2D eigenvalue weighted by molar-refractivity contribution is 5.38. The summed E-state index contributed by atoms with van der Waals surface area (Å²) < 4.78 is 11.4. The zero-order chi connectivity index (χ0) is 14.9. The van der Waals surface area contributed by atoms with E-state index in [0.29, 0.717) is 11.5 Å². The highest BCUT2D eigenvalue weighted by Crippen LogP contribution is 2.49. The van der Waals surface area contributed by atoms with Crippen LogP contribution in [0.2, 0.25) is 0 Å². The molecule has 0 bridgehead atoms. The fourth-order valence-corrected chi connectivity index (χ4v) is 3.33. The third kappa shape index (κ3) is 3.41. The van der Waals surface area contributed by atoms with Crippen LogP contribution in [-0.4, -0.2) is 25.9 Å². The lowest BCUT2D eigenvalue weighted by Crippen LogP contribution is -2.41. The van der Waals surface area contributed by atoms with Gasteiger partial charge in [-0.2, -0.15) is 0 Å². The van der Waals surface area contributed by atoms with E-state index in [1.807, 2.05) is 0 Å². The zero-order valence-electron chi connectivity index (χ0n) is 13.4. The van der Waals surface area contributed by atoms with Gasteiger partial charge < -0.3 is 14.8 Å². The number of benzene rings is 1. The molecule has 1 saturated carbocycles. The molecule has 0 amide bonds. The number of ether oxygens (including phenoxy) is 2. The molecule has 0 spiro atoms. The van der Waals surface area contributed by atoms with E-state index in [0.717, 1.165) is 25.3 Å². The molecule has 21 heavy (non-hydrogen) atoms. The van der Waals surface area contributed by atoms with Gasteiger partial charge in [0.05, 0.1) is 0 Å². The van der Waals surface area contributed by atoms with Crippen molar-refractivity contribution in [3.63, 3.8) is 0 Å². The van der Waals surface area contributed by atoms with Crippen molar-refractivity contribution >= 4 is 0 Å². The number of hydrogen-bond acceptors (Lipinski definition) is 3. The average Bonchev–Trinajstić information content (AvgIpc) is 3.22. The number of methoxy groups -OCH3 is 1. The van der Waals surface area contributed by atoms with Crippen LogP contribution >= 0.6 is 0 Å². The first-order valence-corrected chi connectivity index (χ1v) is 8.04. The standard InChI is InChI=1S/C18H27NO2/c1-17(2)12-15(14-6-4-5-7-16(14)21-17)19-13-18(8-9-18)10-11-20-3/h4-7,15,19H,8-13H2,1-3H3. The summed E-state index contributed by atoms with van der Waals surface area (Å²) in [5, 5.41) is 3.81. The monoisotopic (exact) mass is 289 g/mol. The third-order valence-electron chi connectivity index (χ3n) is 4.89. The molecule has 1 aliphatic heterocycles. The van der Waals surface area contributed by atoms with Gasteiger partial charge in [0.25, 0.3) is 0 Å². The van der Waals surface area contributed by atoms with Gasteiger partial charge in [-0.25, -0.2) is 0 Å². The fourth-order valence-electron chi connectivity index (χ4n) is 3.33. The Labute approximate surface area is 128 Å². The Kier molecular flexibility index (Phi) is 3.98. The minimum absolute atomic E-state index is 0.102. The smallest absolute Gasteiger partial charge is 0.124 e. The number of fused-ring (bicyclic) bond motifs is 1. The molecule has 3 rings (SSSR count). The molecule has 1 aromatic rings. The summed E-state index contributed by atoms with van der Waals surface area (Å²) in [6.07, 6.45) is 4.85. The van der Waals surface area contributed by atoms with Crippen molar-refractivity contribution in [1.82, 2.24) is 5.32 Å². The molecule has 1 heterocycles. The molecule has 116 valence electrons. The normalized spacial score (nSPS) is 25.0. The lowest BCUT2D eigenvalue weighted by molar-refractivity contribution is 0.0643. The third-order valence-corrected chi connectivity index (χ3v) is 4.89. The van der Waals surface area contributed by atoms with Gasteiger partial charge in [0.15, 0.2) is 0 Å². The van der Waals surface area contributed by atoms with Crippen LogP contribution in [0.15, 0.2) is 24.3 Å². The molecule has 1 atom stereocenters. The Morgan fingerprint density at radius 3 is 2.76 bits per heavy atom. The molecular weight excluding hydrogens is 262 g/mol. The average molecular weight is 289 g/mol. The van der Waals surface area contributed by atoms with Crippen molar-refractivity contribution in [2.45, 2.75) is 51.2 Å². The van der Waals surface area contributed by atoms with Gasteiger partial charge >= 0.3 is 0 Å². The highest BCUT2D eigenvalue weighted by atomic mass is 16.5. The molecule has 2 aliphatic rings. The Balaban J connectivity index is 1.68. The van der Waals surface area contributed by atoms with Crippen LogP contribution < -0.4 is 10.1 Å². The maximum Gasteiger partial charge on any atom is 0.124 e. The van der Waals surface area contributed by atoms with E-state index < -0.39 is 0 Å². The second-order valence-electron chi connectivity index (χ2n) is 7.28. The summed E-state index contributed by atoms with van der Waals surface area (Å²) in [5.41, 5.74) is 1.68. The molecule has 1 aliphatic carbocycles. The molecular formula is C18H27NO2. The van der Waals surface area contributed by atoms with Gasteiger partial charge in [-0.05, 0) is 44.6 Å². The minimum Gasteiger partial charge on any atom is -0.487 e. The second-order valence-corrected chi connectivity index (χ2v) is 7.28. The highest BCUT2D eigenvalue weighted by Gasteiger charge is 2.43. The summed E-state index contributed by atoms with van der Waals surface area (Å²) in [7, 11) is 1.79. The van der Waals surface area contributed by atoms with Gasteiger partial charge in [-0.3, -0.25) is 0 Å². The SMILES string of the molecule is COCCC1(CNC2CC(C)(C)Oc3ccccc32)CC1. The Bertz CT molecular complexity index is 494. The maximum absolute atomic E-state index is 6.10. The summed E-state index contributed by atoms with van der Waals surface area (Å²) in [6, 6.07) is 8.83. The molecule has 1 fully saturated rings. The van der Waals surface area contributed by atoms with Gasteiger partial charge in [0.2, 0.25) is 0 Å². The van der Waals surface area contributed by atoms with Crippen molar-refractivity contribution in [2.75, 3.05) is 20.3 Å². The van der Waals surface area contributed by atoms with Crippen LogP contribution in [0.25, 0.3) is 0 Å². The summed E-state index contributed by atoms with van der Waals surface area (Å²) in [5.74, 6) is 1.04. The lowest BCUT2D eigenvalue weighted by Gasteiger charge is -2.38. The summed E-state index contributed by atoms with van der Waals surface area (Å²) >= 11 is 0. The van der Waals surface area contributed by atoms with Crippen LogP contribution in [0.3, 0.4) is 0 Å². The molecule has 1 aromatic carbocycles. The van der Waals surface area contributed by atoms with E-state index in [9.17, 15) is 0 Å². The van der Waals surface area contributed by atoms with E-state index in [1.165, 1.54) is 24.8 Å². The molecule has 3 nitrogen and oxygen atoms in total. The molecule has 1 unspecified atom stereocenters. The molecule has 3 heteroatoms. The van der Waals surface area contributed by atoms with E-state index >= 15 is 0 Å². The van der Waals surface area contributed by atoms with Crippen molar-refractivity contribution in [3.8, 4) is 5.75 Å². The van der Waals surface area contributed by atoms with Crippen LogP contribution in [0, 0.1) is 5.41 Å². The summed E-state index contributed by atoms with van der Waals surface area (Å²) in [6.45, 7) is 6.31. The largest absolute Gasteiger partial charge is 0.487 e. The second kappa shape index (κ2) is 5.62. The number of para-hydroxylation sites is 1. The number of nitrogens with one attached hydrogen (secondary N) is 1. The van der Waals surface area contributed by atoms with Crippen molar-refractivity contribution in [3.05, 3.63) is 29.8 Å². The fraction of sp³-hybridized carbons (Fsp3) is 0.667. The predicted octanol–water partition coefficient (Wildman–Crippen LogP) is 3.70. The van der Waals surface area contributed by atoms with Crippen molar-refractivity contribution in [2.24, 2.45) is 5.41 Å². The Hall–Kier alpha value is -1.06. The Morgan fingerprint density at radius 1 is 1.29 bits per heavy atom. The first-order chi connectivity index (χ1) is 10.0. The minimum atomic E-state index is -0.102. The van der Waals surface area contributed by atoms with Crippen LogP contribution in [-0.2, 0) is 4.74 Å². The lowest BCUT2D eigenvalue weighted by atomic mass is 9.89. The van der Waals surface area contributed by atoms with Gasteiger partial charge in [-0.15, -0.1) is 0 Å². The van der Waals surface area contributed by atoms with Gasteiger partial charge in [0, 0.05) is 38.3 Å². The quantitative estimate of drug-likeness (QED) is 0.866. The summed E-state index contributed by atoms with van der Waals surface area (Å²) in [4.78, 5) is 0. The van der Waals surface area contributed by atoms with Crippen molar-refractivity contribution in [1.29, 1.82) is 0 Å². The maximum atomic E-state index is 6.10. The van der Waals surface area contributed by atoms with E-state index in [4.69, 9.17) is 9.47 Å². The number of hydrogen-bond donors (Lipinski definition) is 1. The molecule has 0 aromatic heterocycles. The number of rotatable bonds is 6. The van der Waals surface area contributed by atoms with Crippen LogP contribution in [0.4, 0.5) is 0 Å². The molecule has 0 radical (unpaired) electrons. The van der Waals surface area contributed by atoms with Gasteiger partial charge in [0.1, 0.15) is 11.4 Å². The first-order valence-electron chi connectivity index (χ1n) is 8.04. The molecule has 1 N–H and O–H groups in total. The van der Waals surface area contributed by atoms with Crippen LogP contribution in [0.1, 0.15) is 51.1 Å². The first kappa shape index (κ1) is 14.9. The van der Waals surface area contributed by atoms with E-state index in [1.54, 1.807) is 7.11 Å². The van der Waals surface area contributed by atoms with Crippen molar-refractivity contribution < 1.29 is 9.47 Å². The zero-order valence-corrected chi connectivity index (χ0v) is 13.4.